The van der Waals surface area contributed by atoms with Crippen LogP contribution in [0.1, 0.15) is 29.9 Å². The molecule has 2 aliphatic rings. The van der Waals surface area contributed by atoms with Gasteiger partial charge in [-0.2, -0.15) is 0 Å². The Labute approximate surface area is 173 Å². The van der Waals surface area contributed by atoms with Crippen molar-refractivity contribution < 1.29 is 9.90 Å². The van der Waals surface area contributed by atoms with Crippen molar-refractivity contribution in [3.05, 3.63) is 71.8 Å². The first-order chi connectivity index (χ1) is 14.2. The highest BCUT2D eigenvalue weighted by Gasteiger charge is 2.34. The van der Waals surface area contributed by atoms with E-state index in [9.17, 15) is 9.90 Å². The molecule has 2 fully saturated rings. The standard InChI is InChI=1S/C24H31N3O2/c28-22-12-7-14-26(18-22)17-21-16-25-13-15-27(21)24(29)23(19-8-3-1-4-9-19)20-10-5-2-6-11-20/h1-6,8-11,21-23,25,28H,7,12-18H2/t21-,22-/m0/s1. The lowest BCUT2D eigenvalue weighted by Gasteiger charge is -2.42. The summed E-state index contributed by atoms with van der Waals surface area (Å²) in [5.74, 6) is -0.114. The van der Waals surface area contributed by atoms with Crippen molar-refractivity contribution in [2.75, 3.05) is 39.3 Å². The van der Waals surface area contributed by atoms with E-state index in [4.69, 9.17) is 0 Å². The van der Waals surface area contributed by atoms with Gasteiger partial charge >= 0.3 is 0 Å². The van der Waals surface area contributed by atoms with Gasteiger partial charge in [0, 0.05) is 32.7 Å². The van der Waals surface area contributed by atoms with E-state index in [1.54, 1.807) is 0 Å². The fourth-order valence-corrected chi connectivity index (χ4v) is 4.64. The number of hydrogen-bond donors (Lipinski definition) is 2. The van der Waals surface area contributed by atoms with Crippen LogP contribution < -0.4 is 5.32 Å². The van der Waals surface area contributed by atoms with Gasteiger partial charge in [-0.05, 0) is 30.5 Å². The van der Waals surface area contributed by atoms with Gasteiger partial charge in [-0.15, -0.1) is 0 Å². The number of hydrogen-bond acceptors (Lipinski definition) is 4. The van der Waals surface area contributed by atoms with E-state index < -0.39 is 0 Å². The zero-order valence-corrected chi connectivity index (χ0v) is 16.9. The van der Waals surface area contributed by atoms with Crippen LogP contribution in [0.5, 0.6) is 0 Å². The zero-order valence-electron chi connectivity index (χ0n) is 16.9. The molecule has 0 radical (unpaired) electrons. The number of aliphatic hydroxyl groups excluding tert-OH is 1. The van der Waals surface area contributed by atoms with Crippen molar-refractivity contribution in [1.82, 2.24) is 15.1 Å². The van der Waals surface area contributed by atoms with Crippen LogP contribution in [0.15, 0.2) is 60.7 Å². The molecule has 0 aliphatic carbocycles. The molecule has 0 saturated carbocycles. The second-order valence-corrected chi connectivity index (χ2v) is 8.20. The van der Waals surface area contributed by atoms with E-state index in [2.05, 4.69) is 15.1 Å². The molecule has 2 aromatic carbocycles. The number of carbonyl (C=O) groups excluding carboxylic acids is 1. The first kappa shape index (κ1) is 20.1. The summed E-state index contributed by atoms with van der Waals surface area (Å²) in [5, 5.41) is 13.5. The summed E-state index contributed by atoms with van der Waals surface area (Å²) in [6.45, 7) is 4.85. The Balaban J connectivity index is 1.58. The molecule has 29 heavy (non-hydrogen) atoms. The largest absolute Gasteiger partial charge is 0.392 e. The van der Waals surface area contributed by atoms with Gasteiger partial charge in [0.2, 0.25) is 5.91 Å². The highest BCUT2D eigenvalue weighted by Crippen LogP contribution is 2.28. The van der Waals surface area contributed by atoms with Crippen molar-refractivity contribution in [2.24, 2.45) is 0 Å². The van der Waals surface area contributed by atoms with Gasteiger partial charge in [0.25, 0.3) is 0 Å². The smallest absolute Gasteiger partial charge is 0.234 e. The van der Waals surface area contributed by atoms with Crippen molar-refractivity contribution in [2.45, 2.75) is 30.9 Å². The molecule has 0 unspecified atom stereocenters. The number of rotatable bonds is 5. The van der Waals surface area contributed by atoms with Crippen molar-refractivity contribution >= 4 is 5.91 Å². The predicted molar refractivity (Wildman–Crippen MR) is 115 cm³/mol. The van der Waals surface area contributed by atoms with Crippen LogP contribution in [-0.4, -0.2) is 72.2 Å². The fraction of sp³-hybridized carbons (Fsp3) is 0.458. The number of piperazine rings is 1. The summed E-state index contributed by atoms with van der Waals surface area (Å²) in [6, 6.07) is 20.3. The second-order valence-electron chi connectivity index (χ2n) is 8.20. The Bertz CT molecular complexity index is 744. The highest BCUT2D eigenvalue weighted by molar-refractivity contribution is 5.87. The molecule has 0 bridgehead atoms. The number of β-amino-alcohol motifs (C(OH)–C–C–N with tert-alkyl or cyclic N) is 1. The molecule has 4 rings (SSSR count). The van der Waals surface area contributed by atoms with Crippen LogP contribution in [0.3, 0.4) is 0 Å². The summed E-state index contributed by atoms with van der Waals surface area (Å²) >= 11 is 0. The number of benzene rings is 2. The normalized spacial score (nSPS) is 23.3. The topological polar surface area (TPSA) is 55.8 Å². The maximum Gasteiger partial charge on any atom is 0.234 e. The summed E-state index contributed by atoms with van der Waals surface area (Å²) in [7, 11) is 0. The van der Waals surface area contributed by atoms with E-state index in [1.165, 1.54) is 0 Å². The summed E-state index contributed by atoms with van der Waals surface area (Å²) in [4.78, 5) is 18.2. The highest BCUT2D eigenvalue weighted by atomic mass is 16.3. The van der Waals surface area contributed by atoms with E-state index in [0.29, 0.717) is 6.54 Å². The molecule has 5 nitrogen and oxygen atoms in total. The van der Waals surface area contributed by atoms with Crippen molar-refractivity contribution in [3.8, 4) is 0 Å². The third-order valence-electron chi connectivity index (χ3n) is 6.10. The third kappa shape index (κ3) is 4.86. The molecule has 154 valence electrons. The average Bonchev–Trinajstić information content (AvgIpc) is 2.76. The molecular formula is C24H31N3O2. The minimum atomic E-state index is -0.287. The monoisotopic (exact) mass is 393 g/mol. The van der Waals surface area contributed by atoms with Gasteiger partial charge in [-0.1, -0.05) is 60.7 Å². The van der Waals surface area contributed by atoms with E-state index >= 15 is 0 Å². The molecule has 0 spiro atoms. The number of nitrogens with zero attached hydrogens (tertiary/aromatic N) is 2. The lowest BCUT2D eigenvalue weighted by Crippen LogP contribution is -2.59. The van der Waals surface area contributed by atoms with Gasteiger partial charge in [0.05, 0.1) is 18.1 Å². The van der Waals surface area contributed by atoms with E-state index in [1.807, 2.05) is 60.7 Å². The first-order valence-corrected chi connectivity index (χ1v) is 10.7. The third-order valence-corrected chi connectivity index (χ3v) is 6.10. The zero-order chi connectivity index (χ0) is 20.1. The quantitative estimate of drug-likeness (QED) is 0.817. The maximum absolute atomic E-state index is 13.8. The Hall–Kier alpha value is -2.21. The van der Waals surface area contributed by atoms with E-state index in [-0.39, 0.29) is 24.0 Å². The number of piperidine rings is 1. The predicted octanol–water partition coefficient (Wildman–Crippen LogP) is 2.08. The number of nitrogens with one attached hydrogen (secondary N) is 1. The Morgan fingerprint density at radius 2 is 1.69 bits per heavy atom. The molecular weight excluding hydrogens is 362 g/mol. The van der Waals surface area contributed by atoms with Crippen LogP contribution in [0.4, 0.5) is 0 Å². The number of aliphatic hydroxyl groups is 1. The fourth-order valence-electron chi connectivity index (χ4n) is 4.64. The Morgan fingerprint density at radius 1 is 1.03 bits per heavy atom. The molecule has 2 aliphatic heterocycles. The molecule has 0 aromatic heterocycles. The molecule has 2 saturated heterocycles. The molecule has 5 heteroatoms. The lowest BCUT2D eigenvalue weighted by molar-refractivity contribution is -0.135. The van der Waals surface area contributed by atoms with Crippen LogP contribution >= 0.6 is 0 Å². The van der Waals surface area contributed by atoms with Crippen LogP contribution in [0.2, 0.25) is 0 Å². The van der Waals surface area contributed by atoms with Crippen LogP contribution in [-0.2, 0) is 4.79 Å². The van der Waals surface area contributed by atoms with Gasteiger partial charge in [-0.3, -0.25) is 9.69 Å². The first-order valence-electron chi connectivity index (χ1n) is 10.7. The number of carbonyl (C=O) groups is 1. The van der Waals surface area contributed by atoms with Gasteiger partial charge in [0.1, 0.15) is 0 Å². The van der Waals surface area contributed by atoms with Crippen molar-refractivity contribution in [1.29, 1.82) is 0 Å². The minimum absolute atomic E-state index is 0.122. The second kappa shape index (κ2) is 9.53. The van der Waals surface area contributed by atoms with Gasteiger partial charge < -0.3 is 15.3 Å². The summed E-state index contributed by atoms with van der Waals surface area (Å²) in [6.07, 6.45) is 1.66. The van der Waals surface area contributed by atoms with Crippen LogP contribution in [0.25, 0.3) is 0 Å². The molecule has 2 N–H and O–H groups in total. The minimum Gasteiger partial charge on any atom is -0.392 e. The molecule has 2 aromatic rings. The SMILES string of the molecule is O=C(C(c1ccccc1)c1ccccc1)N1CCNC[C@H]1CN1CCC[C@H](O)C1. The van der Waals surface area contributed by atoms with Gasteiger partial charge in [-0.25, -0.2) is 0 Å². The van der Waals surface area contributed by atoms with E-state index in [0.717, 1.165) is 56.7 Å². The summed E-state index contributed by atoms with van der Waals surface area (Å²) < 4.78 is 0. The Morgan fingerprint density at radius 3 is 2.31 bits per heavy atom. The average molecular weight is 394 g/mol. The van der Waals surface area contributed by atoms with Crippen LogP contribution in [0, 0.1) is 0 Å². The number of amides is 1. The van der Waals surface area contributed by atoms with Crippen molar-refractivity contribution in [3.63, 3.8) is 0 Å². The Kier molecular flexibility index (Phi) is 6.60. The number of likely N-dealkylation sites (tertiary alicyclic amines) is 1. The van der Waals surface area contributed by atoms with Gasteiger partial charge in [0.15, 0.2) is 0 Å². The molecule has 2 heterocycles. The lowest BCUT2D eigenvalue weighted by atomic mass is 9.89. The molecule has 1 amide bonds. The maximum atomic E-state index is 13.8. The summed E-state index contributed by atoms with van der Waals surface area (Å²) in [5.41, 5.74) is 2.07. The molecule has 2 atom stereocenters.